The Kier molecular flexibility index (Phi) is 3.76. The van der Waals surface area contributed by atoms with Crippen molar-refractivity contribution < 1.29 is 9.47 Å². The summed E-state index contributed by atoms with van der Waals surface area (Å²) in [7, 11) is 0. The zero-order valence-corrected chi connectivity index (χ0v) is 14.8. The predicted molar refractivity (Wildman–Crippen MR) is 94.1 cm³/mol. The minimum Gasteiger partial charge on any atom is -0.486 e. The number of hydrogen-bond acceptors (Lipinski definition) is 5. The molecular formula is C18H19N3O2S. The van der Waals surface area contributed by atoms with Gasteiger partial charge in [0.2, 0.25) is 0 Å². The van der Waals surface area contributed by atoms with Crippen molar-refractivity contribution in [3.05, 3.63) is 46.2 Å². The highest BCUT2D eigenvalue weighted by atomic mass is 32.1. The fourth-order valence-corrected chi connectivity index (χ4v) is 3.80. The van der Waals surface area contributed by atoms with Gasteiger partial charge in [0.15, 0.2) is 11.5 Å². The summed E-state index contributed by atoms with van der Waals surface area (Å²) in [5.74, 6) is 2.52. The Labute approximate surface area is 144 Å². The third-order valence-corrected chi connectivity index (χ3v) is 5.34. The van der Waals surface area contributed by atoms with Gasteiger partial charge >= 0.3 is 0 Å². The van der Waals surface area contributed by atoms with Crippen molar-refractivity contribution in [3.63, 3.8) is 0 Å². The van der Waals surface area contributed by atoms with Crippen LogP contribution in [0, 0.1) is 13.8 Å². The second-order valence-electron chi connectivity index (χ2n) is 5.97. The molecule has 0 amide bonds. The fourth-order valence-electron chi connectivity index (χ4n) is 2.95. The molecule has 3 heterocycles. The van der Waals surface area contributed by atoms with Gasteiger partial charge < -0.3 is 14.0 Å². The van der Waals surface area contributed by atoms with Crippen molar-refractivity contribution in [2.45, 2.75) is 26.8 Å². The molecule has 2 aromatic heterocycles. The minimum absolute atomic E-state index is 0.133. The quantitative estimate of drug-likeness (QED) is 0.722. The van der Waals surface area contributed by atoms with E-state index in [-0.39, 0.29) is 6.04 Å². The summed E-state index contributed by atoms with van der Waals surface area (Å²) in [6.07, 6.45) is 3.84. The lowest BCUT2D eigenvalue weighted by atomic mass is 10.1. The van der Waals surface area contributed by atoms with Crippen LogP contribution in [0.4, 0.5) is 0 Å². The molecule has 1 aliphatic heterocycles. The smallest absolute Gasteiger partial charge is 0.162 e. The van der Waals surface area contributed by atoms with E-state index in [4.69, 9.17) is 9.47 Å². The Morgan fingerprint density at radius 1 is 1.17 bits per heavy atom. The number of rotatable bonds is 3. The molecule has 1 atom stereocenters. The molecule has 0 fully saturated rings. The lowest BCUT2D eigenvalue weighted by Gasteiger charge is -2.21. The maximum Gasteiger partial charge on any atom is 0.162 e. The highest BCUT2D eigenvalue weighted by molar-refractivity contribution is 7.09. The molecule has 124 valence electrons. The number of fused-ring (bicyclic) bond motifs is 1. The number of ether oxygens (including phenoxy) is 2. The molecule has 1 aromatic carbocycles. The summed E-state index contributed by atoms with van der Waals surface area (Å²) >= 11 is 1.68. The molecule has 0 aliphatic carbocycles. The SMILES string of the molecule is Cc1csc([C@@H](C)n2ccnc2-c2cc3c(cc2C)OCCO3)n1. The molecule has 4 rings (SSSR count). The summed E-state index contributed by atoms with van der Waals surface area (Å²) in [5.41, 5.74) is 3.23. The topological polar surface area (TPSA) is 49.2 Å². The van der Waals surface area contributed by atoms with E-state index in [1.807, 2.05) is 31.5 Å². The third kappa shape index (κ3) is 2.57. The summed E-state index contributed by atoms with van der Waals surface area (Å²) in [5, 5.41) is 3.17. The van der Waals surface area contributed by atoms with Gasteiger partial charge in [-0.15, -0.1) is 11.3 Å². The number of benzene rings is 1. The average Bonchev–Trinajstić information content (AvgIpc) is 3.22. The number of aromatic nitrogens is 3. The van der Waals surface area contributed by atoms with Gasteiger partial charge in [0.1, 0.15) is 24.0 Å². The van der Waals surface area contributed by atoms with E-state index >= 15 is 0 Å². The van der Waals surface area contributed by atoms with Crippen LogP contribution in [0.3, 0.4) is 0 Å². The molecule has 1 aliphatic rings. The largest absolute Gasteiger partial charge is 0.486 e. The van der Waals surface area contributed by atoms with Crippen LogP contribution in [0.1, 0.15) is 29.2 Å². The molecule has 0 N–H and O–H groups in total. The van der Waals surface area contributed by atoms with Crippen LogP contribution in [0.25, 0.3) is 11.4 Å². The average molecular weight is 341 g/mol. The number of imidazole rings is 1. The molecule has 24 heavy (non-hydrogen) atoms. The zero-order valence-electron chi connectivity index (χ0n) is 13.9. The van der Waals surface area contributed by atoms with Crippen molar-refractivity contribution in [3.8, 4) is 22.9 Å². The molecule has 3 aromatic rings. The van der Waals surface area contributed by atoms with E-state index in [1.165, 1.54) is 0 Å². The van der Waals surface area contributed by atoms with Crippen LogP contribution in [-0.2, 0) is 0 Å². The van der Waals surface area contributed by atoms with Crippen LogP contribution < -0.4 is 9.47 Å². The first-order chi connectivity index (χ1) is 11.6. The minimum atomic E-state index is 0.133. The van der Waals surface area contributed by atoms with Crippen LogP contribution >= 0.6 is 11.3 Å². The molecule has 0 saturated heterocycles. The molecule has 0 bridgehead atoms. The van der Waals surface area contributed by atoms with Gasteiger partial charge in [-0.2, -0.15) is 0 Å². The van der Waals surface area contributed by atoms with Crippen LogP contribution in [0.2, 0.25) is 0 Å². The normalized spacial score (nSPS) is 14.6. The van der Waals surface area contributed by atoms with E-state index < -0.39 is 0 Å². The van der Waals surface area contributed by atoms with E-state index in [0.717, 1.165) is 39.2 Å². The van der Waals surface area contributed by atoms with Crippen LogP contribution in [0.15, 0.2) is 29.9 Å². The molecule has 5 nitrogen and oxygen atoms in total. The van der Waals surface area contributed by atoms with E-state index in [9.17, 15) is 0 Å². The summed E-state index contributed by atoms with van der Waals surface area (Å²) in [6.45, 7) is 7.42. The molecule has 0 saturated carbocycles. The van der Waals surface area contributed by atoms with Crippen molar-refractivity contribution in [1.82, 2.24) is 14.5 Å². The second kappa shape index (κ2) is 5.94. The van der Waals surface area contributed by atoms with E-state index in [2.05, 4.69) is 33.8 Å². The van der Waals surface area contributed by atoms with Gasteiger partial charge in [0.05, 0.1) is 6.04 Å². The molecule has 0 spiro atoms. The highest BCUT2D eigenvalue weighted by Gasteiger charge is 2.20. The van der Waals surface area contributed by atoms with Crippen molar-refractivity contribution in [2.24, 2.45) is 0 Å². The Hall–Kier alpha value is -2.34. The third-order valence-electron chi connectivity index (χ3n) is 4.21. The van der Waals surface area contributed by atoms with Gasteiger partial charge in [-0.25, -0.2) is 9.97 Å². The van der Waals surface area contributed by atoms with Gasteiger partial charge in [0.25, 0.3) is 0 Å². The molecule has 0 radical (unpaired) electrons. The van der Waals surface area contributed by atoms with Crippen molar-refractivity contribution in [1.29, 1.82) is 0 Å². The second-order valence-corrected chi connectivity index (χ2v) is 6.86. The number of aryl methyl sites for hydroxylation is 2. The van der Waals surface area contributed by atoms with E-state index in [0.29, 0.717) is 13.2 Å². The fraction of sp³-hybridized carbons (Fsp3) is 0.333. The standard InChI is InChI=1S/C18H19N3O2S/c1-11-8-15-16(23-7-6-22-15)9-14(11)17-19-4-5-21(17)13(3)18-20-12(2)10-24-18/h4-5,8-10,13H,6-7H2,1-3H3/t13-/m1/s1. The predicted octanol–water partition coefficient (Wildman–Crippen LogP) is 4.00. The summed E-state index contributed by atoms with van der Waals surface area (Å²) < 4.78 is 13.6. The molecule has 0 unspecified atom stereocenters. The lowest BCUT2D eigenvalue weighted by molar-refractivity contribution is 0.171. The number of thiazole rings is 1. The van der Waals surface area contributed by atoms with Crippen LogP contribution in [-0.4, -0.2) is 27.7 Å². The van der Waals surface area contributed by atoms with Gasteiger partial charge in [0, 0.05) is 29.0 Å². The van der Waals surface area contributed by atoms with Gasteiger partial charge in [-0.3, -0.25) is 0 Å². The Bertz CT molecular complexity index is 884. The van der Waals surface area contributed by atoms with Gasteiger partial charge in [-0.1, -0.05) is 0 Å². The number of hydrogen-bond donors (Lipinski definition) is 0. The maximum absolute atomic E-state index is 5.73. The van der Waals surface area contributed by atoms with Crippen LogP contribution in [0.5, 0.6) is 11.5 Å². The maximum atomic E-state index is 5.73. The molecular weight excluding hydrogens is 322 g/mol. The van der Waals surface area contributed by atoms with Gasteiger partial charge in [-0.05, 0) is 38.5 Å². The Morgan fingerprint density at radius 3 is 2.62 bits per heavy atom. The Balaban J connectivity index is 1.77. The summed E-state index contributed by atoms with van der Waals surface area (Å²) in [6, 6.07) is 4.19. The van der Waals surface area contributed by atoms with Crippen molar-refractivity contribution in [2.75, 3.05) is 13.2 Å². The zero-order chi connectivity index (χ0) is 16.7. The lowest BCUT2D eigenvalue weighted by Crippen LogP contribution is -2.16. The van der Waals surface area contributed by atoms with Crippen molar-refractivity contribution >= 4 is 11.3 Å². The highest BCUT2D eigenvalue weighted by Crippen LogP contribution is 2.37. The first-order valence-corrected chi connectivity index (χ1v) is 8.87. The first kappa shape index (κ1) is 15.2. The first-order valence-electron chi connectivity index (χ1n) is 7.99. The Morgan fingerprint density at radius 2 is 1.92 bits per heavy atom. The monoisotopic (exact) mass is 341 g/mol. The number of nitrogens with zero attached hydrogens (tertiary/aromatic N) is 3. The summed E-state index contributed by atoms with van der Waals surface area (Å²) in [4.78, 5) is 9.21. The van der Waals surface area contributed by atoms with E-state index in [1.54, 1.807) is 11.3 Å². The molecule has 6 heteroatoms.